The van der Waals surface area contributed by atoms with Crippen LogP contribution in [-0.4, -0.2) is 24.6 Å². The van der Waals surface area contributed by atoms with Crippen LogP contribution in [0, 0.1) is 19.7 Å². The maximum Gasteiger partial charge on any atom is 0.344 e. The molecule has 0 aromatic heterocycles. The molecule has 2 rings (SSSR count). The third-order valence-electron chi connectivity index (χ3n) is 3.56. The van der Waals surface area contributed by atoms with Gasteiger partial charge < -0.3 is 14.8 Å². The molecule has 0 aliphatic carbocycles. The zero-order valence-corrected chi connectivity index (χ0v) is 15.4. The number of ether oxygens (including phenoxy) is 2. The number of carbonyl (C=O) groups is 2. The molecule has 0 spiro atoms. The van der Waals surface area contributed by atoms with Crippen LogP contribution in [0.4, 0.5) is 10.1 Å². The topological polar surface area (TPSA) is 64.6 Å². The summed E-state index contributed by atoms with van der Waals surface area (Å²) in [5.41, 5.74) is 2.12. The number of aryl methyl sites for hydroxylation is 2. The normalized spacial score (nSPS) is 11.6. The minimum absolute atomic E-state index is 0.0510. The Morgan fingerprint density at radius 2 is 1.92 bits per heavy atom. The average molecular weight is 380 g/mol. The molecule has 0 unspecified atom stereocenters. The van der Waals surface area contributed by atoms with Crippen molar-refractivity contribution in [1.82, 2.24) is 0 Å². The van der Waals surface area contributed by atoms with Gasteiger partial charge in [-0.15, -0.1) is 0 Å². The van der Waals surface area contributed by atoms with Crippen LogP contribution in [0.15, 0.2) is 36.4 Å². The van der Waals surface area contributed by atoms with E-state index in [1.54, 1.807) is 0 Å². The average Bonchev–Trinajstić information content (AvgIpc) is 2.58. The summed E-state index contributed by atoms with van der Waals surface area (Å²) in [5, 5.41) is 2.53. The summed E-state index contributed by atoms with van der Waals surface area (Å²) >= 11 is 5.85. The number of nitrogens with one attached hydrogen (secondary N) is 1. The van der Waals surface area contributed by atoms with Crippen LogP contribution in [0.1, 0.15) is 18.1 Å². The van der Waals surface area contributed by atoms with E-state index in [0.29, 0.717) is 5.75 Å². The molecular weight excluding hydrogens is 361 g/mol. The lowest BCUT2D eigenvalue weighted by Crippen LogP contribution is -2.31. The Hall–Kier alpha value is -2.60. The molecule has 138 valence electrons. The molecule has 2 aromatic rings. The fraction of sp³-hybridized carbons (Fsp3) is 0.263. The van der Waals surface area contributed by atoms with E-state index in [9.17, 15) is 14.0 Å². The molecular formula is C19H19ClFNO4. The second kappa shape index (κ2) is 8.67. The lowest BCUT2D eigenvalue weighted by molar-refractivity contribution is -0.155. The third kappa shape index (κ3) is 5.46. The van der Waals surface area contributed by atoms with Crippen LogP contribution in [0.5, 0.6) is 5.75 Å². The van der Waals surface area contributed by atoms with Crippen LogP contribution in [-0.2, 0) is 14.3 Å². The summed E-state index contributed by atoms with van der Waals surface area (Å²) in [5.74, 6) is -1.20. The number of halogens is 2. The second-order valence-electron chi connectivity index (χ2n) is 5.80. The Bertz CT molecular complexity index is 825. The Morgan fingerprint density at radius 1 is 1.19 bits per heavy atom. The summed E-state index contributed by atoms with van der Waals surface area (Å²) in [4.78, 5) is 24.0. The summed E-state index contributed by atoms with van der Waals surface area (Å²) in [6.45, 7) is 4.88. The fourth-order valence-corrected chi connectivity index (χ4v) is 2.32. The van der Waals surface area contributed by atoms with E-state index in [-0.39, 0.29) is 17.3 Å². The van der Waals surface area contributed by atoms with Crippen LogP contribution < -0.4 is 10.1 Å². The molecule has 5 nitrogen and oxygen atoms in total. The van der Waals surface area contributed by atoms with Crippen molar-refractivity contribution >= 4 is 29.2 Å². The second-order valence-corrected chi connectivity index (χ2v) is 6.21. The molecule has 0 radical (unpaired) electrons. The van der Waals surface area contributed by atoms with Gasteiger partial charge in [-0.25, -0.2) is 9.18 Å². The van der Waals surface area contributed by atoms with E-state index in [0.717, 1.165) is 23.3 Å². The largest absolute Gasteiger partial charge is 0.482 e. The van der Waals surface area contributed by atoms with Gasteiger partial charge in [-0.2, -0.15) is 0 Å². The van der Waals surface area contributed by atoms with Gasteiger partial charge in [0.2, 0.25) is 0 Å². The molecule has 0 heterocycles. The Morgan fingerprint density at radius 3 is 2.62 bits per heavy atom. The first kappa shape index (κ1) is 19.7. The predicted octanol–water partition coefficient (Wildman–Crippen LogP) is 4.05. The van der Waals surface area contributed by atoms with E-state index in [4.69, 9.17) is 21.1 Å². The van der Waals surface area contributed by atoms with Gasteiger partial charge >= 0.3 is 5.97 Å². The Labute approximate surface area is 156 Å². The highest BCUT2D eigenvalue weighted by molar-refractivity contribution is 6.33. The minimum Gasteiger partial charge on any atom is -0.482 e. The molecule has 0 aliphatic rings. The van der Waals surface area contributed by atoms with Crippen LogP contribution in [0.2, 0.25) is 5.02 Å². The van der Waals surface area contributed by atoms with Gasteiger partial charge in [-0.1, -0.05) is 23.7 Å². The zero-order chi connectivity index (χ0) is 19.3. The van der Waals surface area contributed by atoms with Crippen LogP contribution in [0.25, 0.3) is 0 Å². The first-order valence-corrected chi connectivity index (χ1v) is 8.29. The molecule has 1 amide bonds. The highest BCUT2D eigenvalue weighted by Crippen LogP contribution is 2.23. The number of hydrogen-bond acceptors (Lipinski definition) is 4. The van der Waals surface area contributed by atoms with E-state index in [1.807, 2.05) is 32.0 Å². The summed E-state index contributed by atoms with van der Waals surface area (Å²) in [6.07, 6.45) is -1.06. The number of anilines is 1. The third-order valence-corrected chi connectivity index (χ3v) is 3.87. The molecule has 26 heavy (non-hydrogen) atoms. The van der Waals surface area contributed by atoms with Gasteiger partial charge in [0, 0.05) is 0 Å². The van der Waals surface area contributed by atoms with Crippen molar-refractivity contribution in [3.63, 3.8) is 0 Å². The van der Waals surface area contributed by atoms with E-state index < -0.39 is 23.8 Å². The molecule has 0 bridgehead atoms. The number of amides is 1. The van der Waals surface area contributed by atoms with E-state index in [1.165, 1.54) is 13.0 Å². The fourth-order valence-electron chi connectivity index (χ4n) is 2.11. The van der Waals surface area contributed by atoms with Crippen molar-refractivity contribution in [2.45, 2.75) is 26.9 Å². The van der Waals surface area contributed by atoms with Gasteiger partial charge in [0.15, 0.2) is 12.7 Å². The van der Waals surface area contributed by atoms with E-state index >= 15 is 0 Å². The predicted molar refractivity (Wildman–Crippen MR) is 97.0 cm³/mol. The molecule has 7 heteroatoms. The van der Waals surface area contributed by atoms with Gasteiger partial charge in [0.25, 0.3) is 5.91 Å². The minimum atomic E-state index is -1.06. The van der Waals surface area contributed by atoms with Crippen LogP contribution in [0.3, 0.4) is 0 Å². The monoisotopic (exact) mass is 379 g/mol. The van der Waals surface area contributed by atoms with Gasteiger partial charge in [-0.05, 0) is 56.2 Å². The summed E-state index contributed by atoms with van der Waals surface area (Å²) in [6, 6.07) is 9.21. The number of rotatable bonds is 6. The van der Waals surface area contributed by atoms with Crippen molar-refractivity contribution < 1.29 is 23.5 Å². The van der Waals surface area contributed by atoms with Gasteiger partial charge in [-0.3, -0.25) is 4.79 Å². The molecule has 2 aromatic carbocycles. The van der Waals surface area contributed by atoms with Gasteiger partial charge in [0.05, 0.1) is 10.7 Å². The SMILES string of the molecule is Cc1ccc(C)c(OCC(=O)O[C@@H](C)C(=O)Nc2ccc(F)cc2Cl)c1. The van der Waals surface area contributed by atoms with Crippen molar-refractivity contribution in [2.24, 2.45) is 0 Å². The highest BCUT2D eigenvalue weighted by Gasteiger charge is 2.19. The van der Waals surface area contributed by atoms with Crippen molar-refractivity contribution in [1.29, 1.82) is 0 Å². The molecule has 0 saturated heterocycles. The lowest BCUT2D eigenvalue weighted by atomic mass is 10.1. The maximum atomic E-state index is 13.0. The van der Waals surface area contributed by atoms with Gasteiger partial charge in [0.1, 0.15) is 11.6 Å². The standard InChI is InChI=1S/C19H19ClFNO4/c1-11-4-5-12(2)17(8-11)25-10-18(23)26-13(3)19(24)22-16-7-6-14(21)9-15(16)20/h4-9,13H,10H2,1-3H3,(H,22,24)/t13-/m0/s1. The van der Waals surface area contributed by atoms with E-state index in [2.05, 4.69) is 5.32 Å². The molecule has 1 N–H and O–H groups in total. The molecule has 0 saturated carbocycles. The Kier molecular flexibility index (Phi) is 6.58. The first-order chi connectivity index (χ1) is 12.3. The quantitative estimate of drug-likeness (QED) is 0.769. The molecule has 0 aliphatic heterocycles. The molecule has 1 atom stereocenters. The first-order valence-electron chi connectivity index (χ1n) is 7.91. The summed E-state index contributed by atoms with van der Waals surface area (Å²) < 4.78 is 23.5. The van der Waals surface area contributed by atoms with Crippen molar-refractivity contribution in [2.75, 3.05) is 11.9 Å². The van der Waals surface area contributed by atoms with Crippen LogP contribution >= 0.6 is 11.6 Å². The van der Waals surface area contributed by atoms with Crippen molar-refractivity contribution in [3.8, 4) is 5.75 Å². The molecule has 0 fully saturated rings. The smallest absolute Gasteiger partial charge is 0.344 e. The van der Waals surface area contributed by atoms with Crippen molar-refractivity contribution in [3.05, 3.63) is 58.4 Å². The number of benzene rings is 2. The number of carbonyl (C=O) groups excluding carboxylic acids is 2. The Balaban J connectivity index is 1.87. The zero-order valence-electron chi connectivity index (χ0n) is 14.6. The lowest BCUT2D eigenvalue weighted by Gasteiger charge is -2.15. The summed E-state index contributed by atoms with van der Waals surface area (Å²) in [7, 11) is 0. The number of esters is 1. The number of hydrogen-bond donors (Lipinski definition) is 1. The maximum absolute atomic E-state index is 13.0. The highest BCUT2D eigenvalue weighted by atomic mass is 35.5.